The first-order valence-electron chi connectivity index (χ1n) is 8.76. The van der Waals surface area contributed by atoms with Crippen LogP contribution in [0, 0.1) is 0 Å². The topological polar surface area (TPSA) is 82.9 Å². The molecule has 0 bridgehead atoms. The number of ketones is 1. The smallest absolute Gasteiger partial charge is 0.321 e. The lowest BCUT2D eigenvalue weighted by Gasteiger charge is -2.33. The SMILES string of the molecule is CCCNC(=O)NC(=O)C[NH+]1CCN(c2ccc(C(C)=O)cc2)CC1. The molecule has 0 spiro atoms. The third-order valence-corrected chi connectivity index (χ3v) is 4.31. The molecule has 3 N–H and O–H groups in total. The van der Waals surface area contributed by atoms with Gasteiger partial charge in [0.15, 0.2) is 12.3 Å². The summed E-state index contributed by atoms with van der Waals surface area (Å²) in [4.78, 5) is 38.1. The van der Waals surface area contributed by atoms with E-state index in [1.54, 1.807) is 6.92 Å². The number of Topliss-reactive ketones (excluding diaryl/α,β-unsaturated/α-hetero) is 1. The van der Waals surface area contributed by atoms with Crippen molar-refractivity contribution in [3.63, 3.8) is 0 Å². The highest BCUT2D eigenvalue weighted by molar-refractivity contribution is 5.95. The summed E-state index contributed by atoms with van der Waals surface area (Å²) in [5, 5.41) is 5.00. The zero-order valence-corrected chi connectivity index (χ0v) is 14.9. The zero-order chi connectivity index (χ0) is 18.2. The van der Waals surface area contributed by atoms with Gasteiger partial charge < -0.3 is 15.1 Å². The Hall–Kier alpha value is -2.41. The van der Waals surface area contributed by atoms with E-state index < -0.39 is 6.03 Å². The van der Waals surface area contributed by atoms with E-state index in [9.17, 15) is 14.4 Å². The molecule has 25 heavy (non-hydrogen) atoms. The fourth-order valence-electron chi connectivity index (χ4n) is 2.85. The van der Waals surface area contributed by atoms with Crippen molar-refractivity contribution in [1.29, 1.82) is 0 Å². The Morgan fingerprint density at radius 3 is 2.32 bits per heavy atom. The maximum absolute atomic E-state index is 11.9. The third kappa shape index (κ3) is 5.86. The van der Waals surface area contributed by atoms with Gasteiger partial charge in [-0.05, 0) is 37.6 Å². The minimum atomic E-state index is -0.421. The summed E-state index contributed by atoms with van der Waals surface area (Å²) < 4.78 is 0. The van der Waals surface area contributed by atoms with Crippen molar-refractivity contribution in [1.82, 2.24) is 10.6 Å². The third-order valence-electron chi connectivity index (χ3n) is 4.31. The van der Waals surface area contributed by atoms with Gasteiger partial charge in [0.1, 0.15) is 0 Å². The first-order chi connectivity index (χ1) is 12.0. The molecule has 0 radical (unpaired) electrons. The Kier molecular flexibility index (Phi) is 6.94. The average molecular weight is 347 g/mol. The van der Waals surface area contributed by atoms with Gasteiger partial charge in [-0.1, -0.05) is 6.92 Å². The predicted octanol–water partition coefficient (Wildman–Crippen LogP) is -0.170. The molecule has 0 aliphatic carbocycles. The summed E-state index contributed by atoms with van der Waals surface area (Å²) in [7, 11) is 0. The molecule has 3 amide bonds. The Bertz CT molecular complexity index is 607. The van der Waals surface area contributed by atoms with Crippen LogP contribution < -0.4 is 20.4 Å². The second-order valence-electron chi connectivity index (χ2n) is 6.32. The van der Waals surface area contributed by atoms with Crippen molar-refractivity contribution >= 4 is 23.4 Å². The molecule has 0 aromatic heterocycles. The molecule has 1 aromatic carbocycles. The van der Waals surface area contributed by atoms with E-state index >= 15 is 0 Å². The molecule has 7 heteroatoms. The van der Waals surface area contributed by atoms with Crippen LogP contribution in [-0.2, 0) is 4.79 Å². The lowest BCUT2D eigenvalue weighted by atomic mass is 10.1. The number of hydrogen-bond acceptors (Lipinski definition) is 4. The second kappa shape index (κ2) is 9.17. The molecule has 0 saturated carbocycles. The lowest BCUT2D eigenvalue weighted by Crippen LogP contribution is -3.16. The van der Waals surface area contributed by atoms with Crippen LogP contribution in [0.15, 0.2) is 24.3 Å². The van der Waals surface area contributed by atoms with E-state index in [1.165, 1.54) is 0 Å². The van der Waals surface area contributed by atoms with E-state index in [2.05, 4.69) is 15.5 Å². The number of hydrogen-bond donors (Lipinski definition) is 3. The lowest BCUT2D eigenvalue weighted by molar-refractivity contribution is -0.892. The number of piperazine rings is 1. The number of imide groups is 1. The summed E-state index contributed by atoms with van der Waals surface area (Å²) in [5.74, 6) is -0.183. The van der Waals surface area contributed by atoms with Crippen LogP contribution in [0.5, 0.6) is 0 Å². The Balaban J connectivity index is 1.76. The number of amides is 3. The van der Waals surface area contributed by atoms with E-state index in [1.807, 2.05) is 31.2 Å². The number of rotatable bonds is 6. The monoisotopic (exact) mass is 347 g/mol. The van der Waals surface area contributed by atoms with Crippen LogP contribution in [0.2, 0.25) is 0 Å². The Labute approximate surface area is 148 Å². The molecule has 1 aliphatic heterocycles. The number of carbonyl (C=O) groups is 3. The summed E-state index contributed by atoms with van der Waals surface area (Å²) >= 11 is 0. The summed E-state index contributed by atoms with van der Waals surface area (Å²) in [6, 6.07) is 7.20. The minimum absolute atomic E-state index is 0.0646. The van der Waals surface area contributed by atoms with Gasteiger partial charge in [0, 0.05) is 17.8 Å². The van der Waals surface area contributed by atoms with Crippen LogP contribution in [-0.4, -0.2) is 57.0 Å². The van der Waals surface area contributed by atoms with Gasteiger partial charge in [0.25, 0.3) is 5.91 Å². The molecule has 2 rings (SSSR count). The number of benzene rings is 1. The highest BCUT2D eigenvalue weighted by Crippen LogP contribution is 2.15. The minimum Gasteiger partial charge on any atom is -0.360 e. The van der Waals surface area contributed by atoms with Crippen LogP contribution in [0.25, 0.3) is 0 Å². The van der Waals surface area contributed by atoms with Crippen molar-refractivity contribution in [2.24, 2.45) is 0 Å². The molecule has 1 heterocycles. The molecule has 1 saturated heterocycles. The van der Waals surface area contributed by atoms with E-state index in [-0.39, 0.29) is 11.7 Å². The van der Waals surface area contributed by atoms with E-state index in [0.717, 1.165) is 43.2 Å². The first-order valence-corrected chi connectivity index (χ1v) is 8.76. The zero-order valence-electron chi connectivity index (χ0n) is 14.9. The number of quaternary nitrogens is 1. The van der Waals surface area contributed by atoms with Gasteiger partial charge in [-0.15, -0.1) is 0 Å². The van der Waals surface area contributed by atoms with Crippen molar-refractivity contribution in [2.45, 2.75) is 20.3 Å². The van der Waals surface area contributed by atoms with Gasteiger partial charge in [0.2, 0.25) is 0 Å². The predicted molar refractivity (Wildman–Crippen MR) is 96.1 cm³/mol. The Morgan fingerprint density at radius 2 is 1.76 bits per heavy atom. The highest BCUT2D eigenvalue weighted by Gasteiger charge is 2.23. The molecule has 1 aliphatic rings. The maximum atomic E-state index is 11.9. The first kappa shape index (κ1) is 18.9. The van der Waals surface area contributed by atoms with Crippen molar-refractivity contribution in [3.05, 3.63) is 29.8 Å². The number of carbonyl (C=O) groups excluding carboxylic acids is 3. The van der Waals surface area contributed by atoms with Gasteiger partial charge in [-0.25, -0.2) is 4.79 Å². The molecule has 1 aromatic rings. The van der Waals surface area contributed by atoms with E-state index in [0.29, 0.717) is 18.7 Å². The number of nitrogens with one attached hydrogen (secondary N) is 3. The van der Waals surface area contributed by atoms with Crippen LogP contribution in [0.1, 0.15) is 30.6 Å². The quantitative estimate of drug-likeness (QED) is 0.624. The fourth-order valence-corrected chi connectivity index (χ4v) is 2.85. The van der Waals surface area contributed by atoms with Crippen molar-refractivity contribution < 1.29 is 19.3 Å². The second-order valence-corrected chi connectivity index (χ2v) is 6.32. The maximum Gasteiger partial charge on any atom is 0.321 e. The van der Waals surface area contributed by atoms with Gasteiger partial charge in [0.05, 0.1) is 26.2 Å². The molecule has 0 atom stereocenters. The van der Waals surface area contributed by atoms with Crippen molar-refractivity contribution in [3.8, 4) is 0 Å². The van der Waals surface area contributed by atoms with E-state index in [4.69, 9.17) is 0 Å². The Morgan fingerprint density at radius 1 is 1.12 bits per heavy atom. The normalized spacial score (nSPS) is 14.9. The molecule has 0 unspecified atom stereocenters. The van der Waals surface area contributed by atoms with Gasteiger partial charge >= 0.3 is 6.03 Å². The van der Waals surface area contributed by atoms with Crippen LogP contribution >= 0.6 is 0 Å². The molecule has 1 fully saturated rings. The van der Waals surface area contributed by atoms with Crippen LogP contribution in [0.3, 0.4) is 0 Å². The van der Waals surface area contributed by atoms with Crippen LogP contribution in [0.4, 0.5) is 10.5 Å². The largest absolute Gasteiger partial charge is 0.360 e. The summed E-state index contributed by atoms with van der Waals surface area (Å²) in [6.07, 6.45) is 0.836. The number of anilines is 1. The fraction of sp³-hybridized carbons (Fsp3) is 0.500. The average Bonchev–Trinajstić information content (AvgIpc) is 2.60. The molecule has 7 nitrogen and oxygen atoms in total. The van der Waals surface area contributed by atoms with Gasteiger partial charge in [-0.2, -0.15) is 0 Å². The molecular formula is C18H27N4O3+. The standard InChI is InChI=1S/C18H26N4O3/c1-3-8-19-18(25)20-17(24)13-21-9-11-22(12-10-21)16-6-4-15(5-7-16)14(2)23/h4-7H,3,8-13H2,1-2H3,(H2,19,20,24,25)/p+1. The summed E-state index contributed by atoms with van der Waals surface area (Å²) in [6.45, 7) is 7.72. The molecular weight excluding hydrogens is 320 g/mol. The number of urea groups is 1. The summed E-state index contributed by atoms with van der Waals surface area (Å²) in [5.41, 5.74) is 1.80. The van der Waals surface area contributed by atoms with Gasteiger partial charge in [-0.3, -0.25) is 14.9 Å². The molecule has 136 valence electrons. The number of nitrogens with zero attached hydrogens (tertiary/aromatic N) is 1. The van der Waals surface area contributed by atoms with Crippen molar-refractivity contribution in [2.75, 3.05) is 44.2 Å². The highest BCUT2D eigenvalue weighted by atomic mass is 16.2.